The molecule has 0 saturated heterocycles. The molecule has 0 aliphatic carbocycles. The van der Waals surface area contributed by atoms with E-state index >= 15 is 0 Å². The number of fused-ring (bicyclic) bond motifs is 1. The average molecular weight is 321 g/mol. The first-order chi connectivity index (χ1) is 10.9. The van der Waals surface area contributed by atoms with Crippen LogP contribution in [0.25, 0.3) is 0 Å². The number of amides is 2. The van der Waals surface area contributed by atoms with Gasteiger partial charge in [0.15, 0.2) is 18.9 Å². The van der Waals surface area contributed by atoms with Crippen molar-refractivity contribution in [3.05, 3.63) is 65.5 Å². The third-order valence-corrected chi connectivity index (χ3v) is 3.68. The first-order valence-electron chi connectivity index (χ1n) is 6.89. The minimum atomic E-state index is -4.39. The van der Waals surface area contributed by atoms with E-state index < -0.39 is 11.7 Å². The number of benzene rings is 1. The zero-order valence-corrected chi connectivity index (χ0v) is 11.9. The van der Waals surface area contributed by atoms with Crippen molar-refractivity contribution >= 4 is 11.8 Å². The summed E-state index contributed by atoms with van der Waals surface area (Å²) < 4.78 is 39.0. The molecule has 23 heavy (non-hydrogen) atoms. The first-order valence-corrected chi connectivity index (χ1v) is 6.89. The zero-order valence-electron chi connectivity index (χ0n) is 11.9. The van der Waals surface area contributed by atoms with Crippen LogP contribution in [-0.4, -0.2) is 23.3 Å². The number of halogens is 3. The molecule has 1 aliphatic heterocycles. The van der Waals surface area contributed by atoms with Crippen molar-refractivity contribution in [2.75, 3.05) is 6.54 Å². The summed E-state index contributed by atoms with van der Waals surface area (Å²) in [6.45, 7) is 0.325. The van der Waals surface area contributed by atoms with Crippen LogP contribution in [0.4, 0.5) is 13.2 Å². The van der Waals surface area contributed by atoms with Gasteiger partial charge in [-0.15, -0.1) is 0 Å². The minimum absolute atomic E-state index is 0.0996. The molecule has 2 amide bonds. The molecule has 3 rings (SSSR count). The van der Waals surface area contributed by atoms with Crippen molar-refractivity contribution in [2.45, 2.75) is 12.7 Å². The van der Waals surface area contributed by atoms with Gasteiger partial charge in [-0.3, -0.25) is 14.5 Å². The van der Waals surface area contributed by atoms with Crippen LogP contribution in [0, 0.1) is 0 Å². The molecule has 4 nitrogen and oxygen atoms in total. The molecular formula is C16H12F3N2O2+. The number of alkyl halides is 3. The fourth-order valence-corrected chi connectivity index (χ4v) is 2.45. The van der Waals surface area contributed by atoms with Gasteiger partial charge < -0.3 is 0 Å². The van der Waals surface area contributed by atoms with E-state index in [9.17, 15) is 22.8 Å². The normalized spacial score (nSPS) is 14.3. The number of pyridine rings is 1. The highest BCUT2D eigenvalue weighted by Crippen LogP contribution is 2.28. The van der Waals surface area contributed by atoms with Crippen LogP contribution < -0.4 is 4.57 Å². The molecule has 1 aromatic carbocycles. The molecule has 0 fully saturated rings. The van der Waals surface area contributed by atoms with E-state index in [-0.39, 0.29) is 24.9 Å². The number of carbonyl (C=O) groups excluding carboxylic acids is 2. The molecule has 0 radical (unpaired) electrons. The largest absolute Gasteiger partial charge is 0.416 e. The topological polar surface area (TPSA) is 41.3 Å². The van der Waals surface area contributed by atoms with Crippen LogP contribution in [0.15, 0.2) is 48.8 Å². The summed E-state index contributed by atoms with van der Waals surface area (Å²) >= 11 is 0. The van der Waals surface area contributed by atoms with Crippen molar-refractivity contribution in [3.8, 4) is 0 Å². The molecule has 0 atom stereocenters. The monoisotopic (exact) mass is 321 g/mol. The van der Waals surface area contributed by atoms with Crippen LogP contribution in [-0.2, 0) is 12.7 Å². The maximum absolute atomic E-state index is 12.5. The van der Waals surface area contributed by atoms with Gasteiger partial charge in [0, 0.05) is 12.1 Å². The second kappa shape index (κ2) is 5.49. The third kappa shape index (κ3) is 2.81. The highest BCUT2D eigenvalue weighted by molar-refractivity contribution is 6.21. The lowest BCUT2D eigenvalue weighted by molar-refractivity contribution is -0.696. The first kappa shape index (κ1) is 15.2. The van der Waals surface area contributed by atoms with Gasteiger partial charge >= 0.3 is 6.18 Å². The Kier molecular flexibility index (Phi) is 3.63. The van der Waals surface area contributed by atoms with E-state index in [0.29, 0.717) is 11.1 Å². The van der Waals surface area contributed by atoms with Gasteiger partial charge in [0.05, 0.1) is 23.2 Å². The zero-order chi connectivity index (χ0) is 16.6. The Bertz CT molecular complexity index is 735. The Morgan fingerprint density at radius 2 is 1.43 bits per heavy atom. The summed E-state index contributed by atoms with van der Waals surface area (Å²) in [5.41, 5.74) is -0.0284. The SMILES string of the molecule is O=C1c2ccccc2C(=O)N1CC[n+]1ccc(C(F)(F)F)cc1. The maximum atomic E-state index is 12.5. The Balaban J connectivity index is 1.70. The lowest BCUT2D eigenvalue weighted by atomic mass is 10.1. The second-order valence-corrected chi connectivity index (χ2v) is 5.13. The van der Waals surface area contributed by atoms with Crippen molar-refractivity contribution in [1.29, 1.82) is 0 Å². The maximum Gasteiger partial charge on any atom is 0.416 e. The Morgan fingerprint density at radius 3 is 1.91 bits per heavy atom. The molecule has 0 bridgehead atoms. The van der Waals surface area contributed by atoms with E-state index in [2.05, 4.69) is 0 Å². The number of imide groups is 1. The smallest absolute Gasteiger partial charge is 0.269 e. The predicted octanol–water partition coefficient (Wildman–Crippen LogP) is 2.29. The molecular weight excluding hydrogens is 309 g/mol. The van der Waals surface area contributed by atoms with Gasteiger partial charge in [-0.25, -0.2) is 4.57 Å². The van der Waals surface area contributed by atoms with Crippen molar-refractivity contribution in [2.24, 2.45) is 0 Å². The highest BCUT2D eigenvalue weighted by Gasteiger charge is 2.35. The number of aromatic nitrogens is 1. The molecule has 7 heteroatoms. The lowest BCUT2D eigenvalue weighted by Crippen LogP contribution is -2.42. The number of carbonyl (C=O) groups is 2. The molecule has 0 saturated carbocycles. The van der Waals surface area contributed by atoms with Gasteiger partial charge in [-0.2, -0.15) is 13.2 Å². The van der Waals surface area contributed by atoms with Gasteiger partial charge in [-0.1, -0.05) is 12.1 Å². The van der Waals surface area contributed by atoms with Crippen LogP contribution in [0.5, 0.6) is 0 Å². The van der Waals surface area contributed by atoms with Crippen molar-refractivity contribution in [1.82, 2.24) is 4.90 Å². The predicted molar refractivity (Wildman–Crippen MR) is 73.4 cm³/mol. The van der Waals surface area contributed by atoms with E-state index in [1.165, 1.54) is 17.0 Å². The van der Waals surface area contributed by atoms with Gasteiger partial charge in [0.1, 0.15) is 0 Å². The molecule has 0 N–H and O–H groups in total. The summed E-state index contributed by atoms with van der Waals surface area (Å²) in [5.74, 6) is -0.753. The summed E-state index contributed by atoms with van der Waals surface area (Å²) in [4.78, 5) is 25.4. The van der Waals surface area contributed by atoms with E-state index in [0.717, 1.165) is 17.0 Å². The van der Waals surface area contributed by atoms with E-state index in [1.54, 1.807) is 24.3 Å². The Morgan fingerprint density at radius 1 is 0.913 bits per heavy atom. The number of hydrogen-bond acceptors (Lipinski definition) is 2. The average Bonchev–Trinajstić information content (AvgIpc) is 2.77. The standard InChI is InChI=1S/C16H12F3N2O2/c17-16(18,19)11-5-7-20(8-6-11)9-10-21-14(22)12-3-1-2-4-13(12)15(21)23/h1-8H,9-10H2/q+1. The van der Waals surface area contributed by atoms with Crippen LogP contribution in [0.1, 0.15) is 26.3 Å². The van der Waals surface area contributed by atoms with Gasteiger partial charge in [0.25, 0.3) is 11.8 Å². The number of rotatable bonds is 3. The minimum Gasteiger partial charge on any atom is -0.269 e. The van der Waals surface area contributed by atoms with Crippen LogP contribution >= 0.6 is 0 Å². The van der Waals surface area contributed by atoms with Crippen LogP contribution in [0.2, 0.25) is 0 Å². The van der Waals surface area contributed by atoms with Crippen molar-refractivity contribution < 1.29 is 27.3 Å². The molecule has 2 aromatic rings. The number of nitrogens with zero attached hydrogens (tertiary/aromatic N) is 2. The van der Waals surface area contributed by atoms with Gasteiger partial charge in [-0.05, 0) is 12.1 Å². The van der Waals surface area contributed by atoms with Crippen molar-refractivity contribution in [3.63, 3.8) is 0 Å². The molecule has 118 valence electrons. The highest BCUT2D eigenvalue weighted by atomic mass is 19.4. The quantitative estimate of drug-likeness (QED) is 0.643. The summed E-state index contributed by atoms with van der Waals surface area (Å²) in [6.07, 6.45) is -1.83. The third-order valence-electron chi connectivity index (χ3n) is 3.68. The Labute approximate surface area is 129 Å². The Hall–Kier alpha value is -2.70. The summed E-state index contributed by atoms with van der Waals surface area (Å²) in [6, 6.07) is 8.45. The summed E-state index contributed by atoms with van der Waals surface area (Å²) in [5, 5.41) is 0. The fraction of sp³-hybridized carbons (Fsp3) is 0.188. The van der Waals surface area contributed by atoms with Crippen LogP contribution in [0.3, 0.4) is 0 Å². The second-order valence-electron chi connectivity index (χ2n) is 5.13. The molecule has 2 heterocycles. The van der Waals surface area contributed by atoms with E-state index in [1.807, 2.05) is 0 Å². The van der Waals surface area contributed by atoms with Gasteiger partial charge in [0.2, 0.25) is 0 Å². The molecule has 0 unspecified atom stereocenters. The lowest BCUT2D eigenvalue weighted by Gasteiger charge is -2.11. The molecule has 1 aliphatic rings. The molecule has 0 spiro atoms. The number of hydrogen-bond donors (Lipinski definition) is 0. The molecule has 1 aromatic heterocycles. The summed E-state index contributed by atoms with van der Waals surface area (Å²) in [7, 11) is 0. The van der Waals surface area contributed by atoms with E-state index in [4.69, 9.17) is 0 Å². The fourth-order valence-electron chi connectivity index (χ4n) is 2.45.